The van der Waals surface area contributed by atoms with E-state index in [1.54, 1.807) is 12.3 Å². The SMILES string of the molecule is O=C(O)c1cc(C2=CC3CC3C=C2)ccn1. The number of allylic oxidation sites excluding steroid dienone is 4. The summed E-state index contributed by atoms with van der Waals surface area (Å²) in [5, 5.41) is 8.87. The summed E-state index contributed by atoms with van der Waals surface area (Å²) in [6.07, 6.45) is 9.30. The number of fused-ring (bicyclic) bond motifs is 1. The zero-order chi connectivity index (χ0) is 11.1. The van der Waals surface area contributed by atoms with Crippen LogP contribution in [-0.2, 0) is 0 Å². The van der Waals surface area contributed by atoms with Crippen LogP contribution in [-0.4, -0.2) is 16.1 Å². The van der Waals surface area contributed by atoms with Crippen LogP contribution in [0.25, 0.3) is 5.57 Å². The molecule has 3 nitrogen and oxygen atoms in total. The molecule has 1 aromatic heterocycles. The van der Waals surface area contributed by atoms with Crippen molar-refractivity contribution in [1.82, 2.24) is 4.98 Å². The molecule has 0 radical (unpaired) electrons. The molecule has 1 heterocycles. The summed E-state index contributed by atoms with van der Waals surface area (Å²) < 4.78 is 0. The highest BCUT2D eigenvalue weighted by Gasteiger charge is 2.35. The van der Waals surface area contributed by atoms with Gasteiger partial charge in [-0.1, -0.05) is 18.2 Å². The number of aromatic carboxylic acids is 1. The second kappa shape index (κ2) is 3.30. The number of hydrogen-bond acceptors (Lipinski definition) is 2. The van der Waals surface area contributed by atoms with Crippen LogP contribution in [0, 0.1) is 11.8 Å². The van der Waals surface area contributed by atoms with Gasteiger partial charge < -0.3 is 5.11 Å². The Hall–Kier alpha value is -1.90. The van der Waals surface area contributed by atoms with E-state index in [1.807, 2.05) is 6.07 Å². The Balaban J connectivity index is 1.97. The number of nitrogens with zero attached hydrogens (tertiary/aromatic N) is 1. The van der Waals surface area contributed by atoms with Crippen molar-refractivity contribution in [3.05, 3.63) is 47.8 Å². The Kier molecular flexibility index (Phi) is 1.93. The Labute approximate surface area is 93.1 Å². The smallest absolute Gasteiger partial charge is 0.354 e. The van der Waals surface area contributed by atoms with Gasteiger partial charge in [0, 0.05) is 6.20 Å². The van der Waals surface area contributed by atoms with Crippen LogP contribution in [0.15, 0.2) is 36.6 Å². The number of rotatable bonds is 2. The topological polar surface area (TPSA) is 50.2 Å². The van der Waals surface area contributed by atoms with E-state index >= 15 is 0 Å². The molecule has 2 unspecified atom stereocenters. The van der Waals surface area contributed by atoms with Crippen molar-refractivity contribution in [1.29, 1.82) is 0 Å². The molecule has 0 saturated heterocycles. The predicted octanol–water partition coefficient (Wildman–Crippen LogP) is 2.37. The Morgan fingerprint density at radius 3 is 3.06 bits per heavy atom. The quantitative estimate of drug-likeness (QED) is 0.820. The minimum atomic E-state index is -0.980. The molecule has 1 N–H and O–H groups in total. The van der Waals surface area contributed by atoms with Gasteiger partial charge >= 0.3 is 5.97 Å². The van der Waals surface area contributed by atoms with Crippen LogP contribution in [0.2, 0.25) is 0 Å². The maximum absolute atomic E-state index is 10.8. The lowest BCUT2D eigenvalue weighted by Gasteiger charge is -2.06. The lowest BCUT2D eigenvalue weighted by Crippen LogP contribution is -2.00. The van der Waals surface area contributed by atoms with Crippen LogP contribution in [0.1, 0.15) is 22.5 Å². The van der Waals surface area contributed by atoms with Crippen LogP contribution in [0.5, 0.6) is 0 Å². The van der Waals surface area contributed by atoms with Gasteiger partial charge in [-0.2, -0.15) is 0 Å². The van der Waals surface area contributed by atoms with E-state index in [0.29, 0.717) is 5.92 Å². The first-order chi connectivity index (χ1) is 7.74. The lowest BCUT2D eigenvalue weighted by atomic mass is 10.00. The first-order valence-corrected chi connectivity index (χ1v) is 5.34. The zero-order valence-corrected chi connectivity index (χ0v) is 8.63. The average molecular weight is 213 g/mol. The third kappa shape index (κ3) is 1.54. The van der Waals surface area contributed by atoms with Gasteiger partial charge in [-0.05, 0) is 41.5 Å². The maximum Gasteiger partial charge on any atom is 0.354 e. The first-order valence-electron chi connectivity index (χ1n) is 5.34. The maximum atomic E-state index is 10.8. The summed E-state index contributed by atoms with van der Waals surface area (Å²) in [6, 6.07) is 3.48. The van der Waals surface area contributed by atoms with Gasteiger partial charge in [-0.25, -0.2) is 9.78 Å². The molecule has 16 heavy (non-hydrogen) atoms. The minimum Gasteiger partial charge on any atom is -0.477 e. The molecular formula is C13H11NO2. The summed E-state index contributed by atoms with van der Waals surface area (Å²) >= 11 is 0. The number of carboxylic acid groups (broad SMARTS) is 1. The Morgan fingerprint density at radius 2 is 2.31 bits per heavy atom. The summed E-state index contributed by atoms with van der Waals surface area (Å²) in [7, 11) is 0. The lowest BCUT2D eigenvalue weighted by molar-refractivity contribution is 0.0690. The minimum absolute atomic E-state index is 0.102. The van der Waals surface area contributed by atoms with E-state index in [4.69, 9.17) is 5.11 Å². The van der Waals surface area contributed by atoms with Crippen molar-refractivity contribution in [3.8, 4) is 0 Å². The van der Waals surface area contributed by atoms with E-state index < -0.39 is 5.97 Å². The molecule has 0 spiro atoms. The molecule has 80 valence electrons. The van der Waals surface area contributed by atoms with E-state index in [1.165, 1.54) is 6.42 Å². The number of hydrogen-bond donors (Lipinski definition) is 1. The molecular weight excluding hydrogens is 202 g/mol. The molecule has 3 heteroatoms. The average Bonchev–Trinajstić information content (AvgIpc) is 3.07. The van der Waals surface area contributed by atoms with Crippen molar-refractivity contribution >= 4 is 11.5 Å². The van der Waals surface area contributed by atoms with E-state index in [0.717, 1.165) is 17.1 Å². The highest BCUT2D eigenvalue weighted by atomic mass is 16.4. The molecule has 0 aromatic carbocycles. The van der Waals surface area contributed by atoms with Crippen molar-refractivity contribution in [2.45, 2.75) is 6.42 Å². The molecule has 3 rings (SSSR count). The first kappa shape index (κ1) is 9.33. The van der Waals surface area contributed by atoms with Crippen LogP contribution in [0.3, 0.4) is 0 Å². The summed E-state index contributed by atoms with van der Waals surface area (Å²) in [5.41, 5.74) is 2.15. The van der Waals surface area contributed by atoms with Crippen LogP contribution < -0.4 is 0 Å². The number of carboxylic acids is 1. The molecule has 1 aromatic rings. The second-order valence-electron chi connectivity index (χ2n) is 4.28. The summed E-state index contributed by atoms with van der Waals surface area (Å²) in [4.78, 5) is 14.6. The fourth-order valence-corrected chi connectivity index (χ4v) is 2.08. The van der Waals surface area contributed by atoms with Gasteiger partial charge in [0.2, 0.25) is 0 Å². The fourth-order valence-electron chi connectivity index (χ4n) is 2.08. The van der Waals surface area contributed by atoms with E-state index in [-0.39, 0.29) is 5.69 Å². The molecule has 1 fully saturated rings. The number of carbonyl (C=O) groups is 1. The Bertz CT molecular complexity index is 516. The van der Waals surface area contributed by atoms with Gasteiger partial charge in [0.05, 0.1) is 0 Å². The molecule has 2 atom stereocenters. The number of pyridine rings is 1. The van der Waals surface area contributed by atoms with Crippen molar-refractivity contribution < 1.29 is 9.90 Å². The second-order valence-corrected chi connectivity index (χ2v) is 4.28. The van der Waals surface area contributed by atoms with Gasteiger partial charge in [-0.3, -0.25) is 0 Å². The zero-order valence-electron chi connectivity index (χ0n) is 8.63. The monoisotopic (exact) mass is 213 g/mol. The van der Waals surface area contributed by atoms with E-state index in [9.17, 15) is 4.79 Å². The van der Waals surface area contributed by atoms with E-state index in [2.05, 4.69) is 23.2 Å². The predicted molar refractivity (Wildman–Crippen MR) is 59.9 cm³/mol. The van der Waals surface area contributed by atoms with Crippen molar-refractivity contribution in [3.63, 3.8) is 0 Å². The third-order valence-electron chi connectivity index (χ3n) is 3.12. The van der Waals surface area contributed by atoms with Gasteiger partial charge in [0.1, 0.15) is 5.69 Å². The summed E-state index contributed by atoms with van der Waals surface area (Å²) in [6.45, 7) is 0. The van der Waals surface area contributed by atoms with Gasteiger partial charge in [-0.15, -0.1) is 0 Å². The van der Waals surface area contributed by atoms with Crippen LogP contribution in [0.4, 0.5) is 0 Å². The highest BCUT2D eigenvalue weighted by Crippen LogP contribution is 2.45. The standard InChI is InChI=1S/C13H11NO2/c15-13(16)12-7-10(3-4-14-12)8-1-2-9-6-11(9)5-8/h1-5,7,9,11H,6H2,(H,15,16). The van der Waals surface area contributed by atoms with Crippen molar-refractivity contribution in [2.24, 2.45) is 11.8 Å². The van der Waals surface area contributed by atoms with Gasteiger partial charge in [0.15, 0.2) is 0 Å². The molecule has 0 bridgehead atoms. The highest BCUT2D eigenvalue weighted by molar-refractivity contribution is 5.87. The summed E-state index contributed by atoms with van der Waals surface area (Å²) in [5.74, 6) is 0.414. The van der Waals surface area contributed by atoms with Gasteiger partial charge in [0.25, 0.3) is 0 Å². The largest absolute Gasteiger partial charge is 0.477 e. The molecule has 0 amide bonds. The normalized spacial score (nSPS) is 25.9. The van der Waals surface area contributed by atoms with Crippen LogP contribution >= 0.6 is 0 Å². The molecule has 2 aliphatic rings. The van der Waals surface area contributed by atoms with Crippen molar-refractivity contribution in [2.75, 3.05) is 0 Å². The fraction of sp³-hybridized carbons (Fsp3) is 0.231. The number of aromatic nitrogens is 1. The molecule has 0 aliphatic heterocycles. The molecule has 1 saturated carbocycles. The molecule has 2 aliphatic carbocycles. The third-order valence-corrected chi connectivity index (χ3v) is 3.12. The Morgan fingerprint density at radius 1 is 1.44 bits per heavy atom.